The largest absolute Gasteiger partial charge is 0.496 e. The van der Waals surface area contributed by atoms with Gasteiger partial charge in [0.2, 0.25) is 15.9 Å². The van der Waals surface area contributed by atoms with Crippen LogP contribution < -0.4 is 10.5 Å². The predicted octanol–water partition coefficient (Wildman–Crippen LogP) is 3.25. The van der Waals surface area contributed by atoms with E-state index in [1.54, 1.807) is 13.2 Å². The van der Waals surface area contributed by atoms with Gasteiger partial charge in [-0.25, -0.2) is 8.42 Å². The van der Waals surface area contributed by atoms with Crippen molar-refractivity contribution in [1.82, 2.24) is 4.31 Å². The van der Waals surface area contributed by atoms with E-state index < -0.39 is 15.9 Å². The lowest BCUT2D eigenvalue weighted by Gasteiger charge is -2.23. The molecule has 0 aliphatic carbocycles. The van der Waals surface area contributed by atoms with Gasteiger partial charge in [0.25, 0.3) is 0 Å². The number of nitrogens with zero attached hydrogens (tertiary/aromatic N) is 1. The van der Waals surface area contributed by atoms with Crippen molar-refractivity contribution in [3.63, 3.8) is 0 Å². The molecule has 1 heterocycles. The smallest absolute Gasteiger partial charge is 0.248 e. The second kappa shape index (κ2) is 8.55. The molecule has 0 unspecified atom stereocenters. The summed E-state index contributed by atoms with van der Waals surface area (Å²) in [4.78, 5) is 12.3. The Kier molecular flexibility index (Phi) is 6.13. The van der Waals surface area contributed by atoms with Gasteiger partial charge in [-0.1, -0.05) is 24.3 Å². The van der Waals surface area contributed by atoms with E-state index in [9.17, 15) is 13.2 Å². The van der Waals surface area contributed by atoms with Crippen LogP contribution >= 0.6 is 11.3 Å². The highest BCUT2D eigenvalue weighted by molar-refractivity contribution is 7.89. The minimum atomic E-state index is -3.81. The molecule has 0 bridgehead atoms. The Balaban J connectivity index is 1.98. The molecule has 2 N–H and O–H groups in total. The van der Waals surface area contributed by atoms with Crippen LogP contribution in [-0.4, -0.2) is 25.7 Å². The molecule has 0 aliphatic rings. The quantitative estimate of drug-likeness (QED) is 0.610. The number of para-hydroxylation sites is 1. The van der Waals surface area contributed by atoms with Crippen LogP contribution in [0.1, 0.15) is 20.8 Å². The normalized spacial score (nSPS) is 11.5. The number of thiophene rings is 1. The molecule has 0 saturated heterocycles. The second-order valence-electron chi connectivity index (χ2n) is 6.05. The fraction of sp³-hybridized carbons (Fsp3) is 0.150. The molecule has 0 atom stereocenters. The van der Waals surface area contributed by atoms with Gasteiger partial charge in [-0.3, -0.25) is 4.79 Å². The minimum Gasteiger partial charge on any atom is -0.496 e. The summed E-state index contributed by atoms with van der Waals surface area (Å²) in [7, 11) is -2.26. The molecule has 28 heavy (non-hydrogen) atoms. The van der Waals surface area contributed by atoms with Crippen molar-refractivity contribution in [2.24, 2.45) is 5.73 Å². The van der Waals surface area contributed by atoms with Gasteiger partial charge >= 0.3 is 0 Å². The van der Waals surface area contributed by atoms with Crippen molar-refractivity contribution in [3.8, 4) is 5.75 Å². The fourth-order valence-corrected chi connectivity index (χ4v) is 4.96. The maximum atomic E-state index is 13.3. The lowest BCUT2D eigenvalue weighted by molar-refractivity contribution is 0.1000. The molecule has 8 heteroatoms. The number of nitrogens with two attached hydrogens (primary N) is 1. The summed E-state index contributed by atoms with van der Waals surface area (Å²) < 4.78 is 33.4. The first-order chi connectivity index (χ1) is 13.4. The summed E-state index contributed by atoms with van der Waals surface area (Å²) in [5.41, 5.74) is 6.27. The Morgan fingerprint density at radius 3 is 2.36 bits per heavy atom. The van der Waals surface area contributed by atoms with Crippen LogP contribution in [0, 0.1) is 0 Å². The lowest BCUT2D eigenvalue weighted by atomic mass is 10.2. The van der Waals surface area contributed by atoms with Gasteiger partial charge in [0, 0.05) is 29.1 Å². The van der Waals surface area contributed by atoms with Crippen LogP contribution in [-0.2, 0) is 23.1 Å². The molecule has 6 nitrogen and oxygen atoms in total. The zero-order chi connectivity index (χ0) is 20.1. The molecule has 146 valence electrons. The minimum absolute atomic E-state index is 0.101. The number of carbonyl (C=O) groups excluding carboxylic acids is 1. The highest BCUT2D eigenvalue weighted by atomic mass is 32.2. The SMILES string of the molecule is COc1ccccc1CN(Cc1cccs1)S(=O)(=O)c1ccc(C(N)=O)cc1. The van der Waals surface area contributed by atoms with Crippen LogP contribution in [0.25, 0.3) is 0 Å². The van der Waals surface area contributed by atoms with Gasteiger partial charge < -0.3 is 10.5 Å². The summed E-state index contributed by atoms with van der Waals surface area (Å²) in [6, 6.07) is 16.7. The summed E-state index contributed by atoms with van der Waals surface area (Å²) in [5.74, 6) is 0.0198. The maximum Gasteiger partial charge on any atom is 0.248 e. The van der Waals surface area contributed by atoms with E-state index in [1.165, 1.54) is 39.9 Å². The highest BCUT2D eigenvalue weighted by Crippen LogP contribution is 2.26. The van der Waals surface area contributed by atoms with Crippen LogP contribution in [0.4, 0.5) is 0 Å². The monoisotopic (exact) mass is 416 g/mol. The number of hydrogen-bond acceptors (Lipinski definition) is 5. The zero-order valence-electron chi connectivity index (χ0n) is 15.2. The Bertz CT molecular complexity index is 1050. The van der Waals surface area contributed by atoms with Crippen molar-refractivity contribution in [2.45, 2.75) is 18.0 Å². The Morgan fingerprint density at radius 2 is 1.75 bits per heavy atom. The lowest BCUT2D eigenvalue weighted by Crippen LogP contribution is -2.30. The van der Waals surface area contributed by atoms with Crippen LogP contribution in [0.15, 0.2) is 70.9 Å². The van der Waals surface area contributed by atoms with Crippen molar-refractivity contribution >= 4 is 27.3 Å². The van der Waals surface area contributed by atoms with Crippen molar-refractivity contribution < 1.29 is 17.9 Å². The van der Waals surface area contributed by atoms with Gasteiger partial charge in [-0.2, -0.15) is 4.31 Å². The number of benzene rings is 2. The summed E-state index contributed by atoms with van der Waals surface area (Å²) >= 11 is 1.49. The molecule has 3 aromatic rings. The molecule has 0 saturated carbocycles. The van der Waals surface area contributed by atoms with Gasteiger partial charge in [-0.15, -0.1) is 11.3 Å². The van der Waals surface area contributed by atoms with Gasteiger partial charge in [0.05, 0.1) is 12.0 Å². The number of rotatable bonds is 8. The first kappa shape index (κ1) is 20.1. The number of primary amides is 1. The summed E-state index contributed by atoms with van der Waals surface area (Å²) in [6.07, 6.45) is 0. The molecule has 0 aliphatic heterocycles. The van der Waals surface area contributed by atoms with E-state index in [1.807, 2.05) is 35.7 Å². The topological polar surface area (TPSA) is 89.7 Å². The van der Waals surface area contributed by atoms with Crippen molar-refractivity contribution in [3.05, 3.63) is 82.0 Å². The fourth-order valence-electron chi connectivity index (χ4n) is 2.77. The molecule has 3 rings (SSSR count). The molecule has 0 fully saturated rings. The molecular formula is C20H20N2O4S2. The molecule has 1 amide bonds. The highest BCUT2D eigenvalue weighted by Gasteiger charge is 2.26. The van der Waals surface area contributed by atoms with E-state index in [-0.39, 0.29) is 23.5 Å². The number of carbonyl (C=O) groups is 1. The summed E-state index contributed by atoms with van der Waals surface area (Å²) in [6.45, 7) is 0.386. The molecule has 0 radical (unpaired) electrons. The molecular weight excluding hydrogens is 396 g/mol. The number of sulfonamides is 1. The van der Waals surface area contributed by atoms with Gasteiger partial charge in [0.1, 0.15) is 5.75 Å². The van der Waals surface area contributed by atoms with Crippen LogP contribution in [0.3, 0.4) is 0 Å². The van der Waals surface area contributed by atoms with E-state index in [4.69, 9.17) is 10.5 Å². The Labute approximate surface area is 168 Å². The van der Waals surface area contributed by atoms with Crippen molar-refractivity contribution in [1.29, 1.82) is 0 Å². The molecule has 0 spiro atoms. The molecule has 1 aromatic heterocycles. The molecule has 2 aromatic carbocycles. The van der Waals surface area contributed by atoms with Gasteiger partial charge in [0.15, 0.2) is 0 Å². The Hall–Kier alpha value is -2.68. The predicted molar refractivity (Wildman–Crippen MR) is 109 cm³/mol. The third-order valence-electron chi connectivity index (χ3n) is 4.23. The third-order valence-corrected chi connectivity index (χ3v) is 6.90. The first-order valence-corrected chi connectivity index (χ1v) is 10.8. The Morgan fingerprint density at radius 1 is 1.04 bits per heavy atom. The van der Waals surface area contributed by atoms with E-state index >= 15 is 0 Å². The second-order valence-corrected chi connectivity index (χ2v) is 9.02. The number of ether oxygens (including phenoxy) is 1. The van der Waals surface area contributed by atoms with E-state index in [0.717, 1.165) is 10.4 Å². The third kappa shape index (κ3) is 4.41. The van der Waals surface area contributed by atoms with Crippen LogP contribution in [0.5, 0.6) is 5.75 Å². The van der Waals surface area contributed by atoms with Crippen molar-refractivity contribution in [2.75, 3.05) is 7.11 Å². The zero-order valence-corrected chi connectivity index (χ0v) is 16.9. The first-order valence-electron chi connectivity index (χ1n) is 8.46. The maximum absolute atomic E-state index is 13.3. The number of amides is 1. The van der Waals surface area contributed by atoms with E-state index in [0.29, 0.717) is 5.75 Å². The standard InChI is InChI=1S/C20H20N2O4S2/c1-26-19-7-3-2-5-16(19)13-22(14-17-6-4-12-27-17)28(24,25)18-10-8-15(9-11-18)20(21)23/h2-12H,13-14H2,1H3,(H2,21,23). The average molecular weight is 417 g/mol. The van der Waals surface area contributed by atoms with E-state index in [2.05, 4.69) is 0 Å². The average Bonchev–Trinajstić information content (AvgIpc) is 3.21. The van der Waals surface area contributed by atoms with Gasteiger partial charge in [-0.05, 0) is 41.8 Å². The number of methoxy groups -OCH3 is 1. The van der Waals surface area contributed by atoms with Crippen LogP contribution in [0.2, 0.25) is 0 Å². The number of hydrogen-bond donors (Lipinski definition) is 1. The summed E-state index contributed by atoms with van der Waals surface area (Å²) in [5, 5.41) is 1.91.